The number of hydrogen-bond acceptors (Lipinski definition) is 4. The molecule has 0 spiro atoms. The Morgan fingerprint density at radius 2 is 1.67 bits per heavy atom. The molecular formula is C25H23NO4. The summed E-state index contributed by atoms with van der Waals surface area (Å²) in [6.45, 7) is 0.180. The molecule has 0 saturated heterocycles. The first-order valence-electron chi connectivity index (χ1n) is 9.98. The average molecular weight is 401 g/mol. The fourth-order valence-electron chi connectivity index (χ4n) is 3.90. The average Bonchev–Trinajstić information content (AvgIpc) is 3.09. The van der Waals surface area contributed by atoms with Crippen LogP contribution >= 0.6 is 0 Å². The first-order chi connectivity index (χ1) is 14.7. The fourth-order valence-corrected chi connectivity index (χ4v) is 3.90. The summed E-state index contributed by atoms with van der Waals surface area (Å²) in [5.74, 6) is -0.138. The van der Waals surface area contributed by atoms with E-state index in [9.17, 15) is 4.79 Å². The standard InChI is InChI=1S/C25H23NO4/c27-25(28)17-29-19-7-5-6-18(16-19)12-14-26-30-15-13-24-22-10-3-1-8-20(22)21-9-2-4-11-23(21)24/h1-11,14,16,24H,12-13,15,17H2,(H,27,28). The van der Waals surface area contributed by atoms with Crippen molar-refractivity contribution in [2.75, 3.05) is 13.2 Å². The van der Waals surface area contributed by atoms with Gasteiger partial charge in [0.05, 0.1) is 0 Å². The summed E-state index contributed by atoms with van der Waals surface area (Å²) in [4.78, 5) is 16.1. The van der Waals surface area contributed by atoms with E-state index in [2.05, 4.69) is 53.7 Å². The molecule has 0 atom stereocenters. The summed E-state index contributed by atoms with van der Waals surface area (Å²) in [6, 6.07) is 24.4. The maximum absolute atomic E-state index is 10.6. The molecule has 1 N–H and O–H groups in total. The van der Waals surface area contributed by atoms with Crippen LogP contribution in [0.2, 0.25) is 0 Å². The molecule has 0 aliphatic heterocycles. The highest BCUT2D eigenvalue weighted by Crippen LogP contribution is 2.45. The molecule has 0 saturated carbocycles. The predicted molar refractivity (Wildman–Crippen MR) is 116 cm³/mol. The highest BCUT2D eigenvalue weighted by atomic mass is 16.6. The monoisotopic (exact) mass is 401 g/mol. The number of carboxylic acid groups (broad SMARTS) is 1. The van der Waals surface area contributed by atoms with Gasteiger partial charge in [-0.3, -0.25) is 0 Å². The number of oxime groups is 1. The van der Waals surface area contributed by atoms with Gasteiger partial charge in [0.25, 0.3) is 0 Å². The molecule has 152 valence electrons. The van der Waals surface area contributed by atoms with Crippen LogP contribution in [0.5, 0.6) is 5.75 Å². The summed E-state index contributed by atoms with van der Waals surface area (Å²) >= 11 is 0. The minimum absolute atomic E-state index is 0.329. The molecule has 1 aliphatic rings. The molecule has 0 bridgehead atoms. The van der Waals surface area contributed by atoms with Crippen LogP contribution < -0.4 is 4.74 Å². The molecule has 4 rings (SSSR count). The van der Waals surface area contributed by atoms with E-state index < -0.39 is 5.97 Å². The smallest absolute Gasteiger partial charge is 0.341 e. The SMILES string of the molecule is O=C(O)COc1cccc(CC=NOCCC2c3ccccc3-c3ccccc32)c1. The molecule has 5 nitrogen and oxygen atoms in total. The van der Waals surface area contributed by atoms with Gasteiger partial charge < -0.3 is 14.7 Å². The zero-order valence-corrected chi connectivity index (χ0v) is 16.5. The van der Waals surface area contributed by atoms with Crippen molar-refractivity contribution in [3.05, 3.63) is 89.5 Å². The van der Waals surface area contributed by atoms with Crippen LogP contribution in [0.25, 0.3) is 11.1 Å². The third-order valence-corrected chi connectivity index (χ3v) is 5.20. The van der Waals surface area contributed by atoms with E-state index in [1.807, 2.05) is 12.1 Å². The third kappa shape index (κ3) is 4.51. The number of nitrogens with zero attached hydrogens (tertiary/aromatic N) is 1. The Hall–Kier alpha value is -3.60. The zero-order valence-electron chi connectivity index (χ0n) is 16.5. The Morgan fingerprint density at radius 1 is 0.967 bits per heavy atom. The highest BCUT2D eigenvalue weighted by Gasteiger charge is 2.27. The second-order valence-corrected chi connectivity index (χ2v) is 7.17. The number of aliphatic carboxylic acids is 1. The summed E-state index contributed by atoms with van der Waals surface area (Å²) in [7, 11) is 0. The molecule has 0 heterocycles. The quantitative estimate of drug-likeness (QED) is 0.315. The van der Waals surface area contributed by atoms with Crippen LogP contribution in [0.3, 0.4) is 0 Å². The van der Waals surface area contributed by atoms with Crippen molar-refractivity contribution in [3.63, 3.8) is 0 Å². The number of carbonyl (C=O) groups is 1. The predicted octanol–water partition coefficient (Wildman–Crippen LogP) is 4.90. The lowest BCUT2D eigenvalue weighted by molar-refractivity contribution is -0.139. The maximum Gasteiger partial charge on any atom is 0.341 e. The lowest BCUT2D eigenvalue weighted by Gasteiger charge is -2.12. The van der Waals surface area contributed by atoms with Gasteiger partial charge in [-0.2, -0.15) is 0 Å². The Balaban J connectivity index is 1.29. The molecule has 0 aromatic heterocycles. The van der Waals surface area contributed by atoms with E-state index in [0.717, 1.165) is 12.0 Å². The lowest BCUT2D eigenvalue weighted by Crippen LogP contribution is -2.09. The van der Waals surface area contributed by atoms with E-state index >= 15 is 0 Å². The Morgan fingerprint density at radius 3 is 2.37 bits per heavy atom. The lowest BCUT2D eigenvalue weighted by atomic mass is 9.94. The van der Waals surface area contributed by atoms with Gasteiger partial charge >= 0.3 is 5.97 Å². The molecule has 0 unspecified atom stereocenters. The van der Waals surface area contributed by atoms with Gasteiger partial charge in [0.1, 0.15) is 12.4 Å². The van der Waals surface area contributed by atoms with Crippen molar-refractivity contribution in [1.29, 1.82) is 0 Å². The van der Waals surface area contributed by atoms with Gasteiger partial charge in [-0.15, -0.1) is 0 Å². The molecule has 30 heavy (non-hydrogen) atoms. The number of carboxylic acids is 1. The number of benzene rings is 3. The largest absolute Gasteiger partial charge is 0.482 e. The van der Waals surface area contributed by atoms with E-state index in [4.69, 9.17) is 14.7 Å². The summed E-state index contributed by atoms with van der Waals surface area (Å²) < 4.78 is 5.19. The minimum Gasteiger partial charge on any atom is -0.482 e. The first kappa shape index (κ1) is 19.7. The number of ether oxygens (including phenoxy) is 1. The second kappa shape index (κ2) is 9.27. The van der Waals surface area contributed by atoms with Crippen LogP contribution in [0.15, 0.2) is 78.0 Å². The normalized spacial score (nSPS) is 12.5. The van der Waals surface area contributed by atoms with Crippen LogP contribution in [-0.4, -0.2) is 30.5 Å². The molecule has 0 fully saturated rings. The van der Waals surface area contributed by atoms with Crippen molar-refractivity contribution in [3.8, 4) is 16.9 Å². The molecule has 3 aromatic rings. The van der Waals surface area contributed by atoms with Crippen molar-refractivity contribution in [1.82, 2.24) is 0 Å². The van der Waals surface area contributed by atoms with Crippen molar-refractivity contribution < 1.29 is 19.5 Å². The van der Waals surface area contributed by atoms with Crippen LogP contribution in [-0.2, 0) is 16.1 Å². The molecule has 0 amide bonds. The van der Waals surface area contributed by atoms with Gasteiger partial charge in [0.2, 0.25) is 0 Å². The number of hydrogen-bond donors (Lipinski definition) is 1. The summed E-state index contributed by atoms with van der Waals surface area (Å²) in [5, 5.41) is 12.8. The van der Waals surface area contributed by atoms with E-state index in [0.29, 0.717) is 24.7 Å². The second-order valence-electron chi connectivity index (χ2n) is 7.17. The topological polar surface area (TPSA) is 68.1 Å². The number of fused-ring (bicyclic) bond motifs is 3. The van der Waals surface area contributed by atoms with Gasteiger partial charge in [-0.05, 0) is 46.4 Å². The highest BCUT2D eigenvalue weighted by molar-refractivity contribution is 5.78. The maximum atomic E-state index is 10.6. The first-order valence-corrected chi connectivity index (χ1v) is 9.98. The van der Waals surface area contributed by atoms with Crippen molar-refractivity contribution >= 4 is 12.2 Å². The van der Waals surface area contributed by atoms with Crippen LogP contribution in [0, 0.1) is 0 Å². The van der Waals surface area contributed by atoms with Crippen molar-refractivity contribution in [2.24, 2.45) is 5.16 Å². The number of rotatable bonds is 9. The molecule has 0 radical (unpaired) electrons. The van der Waals surface area contributed by atoms with Gasteiger partial charge in [0.15, 0.2) is 6.61 Å². The molecule has 3 aromatic carbocycles. The van der Waals surface area contributed by atoms with E-state index in [-0.39, 0.29) is 6.61 Å². The van der Waals surface area contributed by atoms with Crippen LogP contribution in [0.1, 0.15) is 29.0 Å². The fraction of sp³-hybridized carbons (Fsp3) is 0.200. The molecule has 1 aliphatic carbocycles. The van der Waals surface area contributed by atoms with Crippen LogP contribution in [0.4, 0.5) is 0 Å². The molecular weight excluding hydrogens is 378 g/mol. The van der Waals surface area contributed by atoms with Gasteiger partial charge in [-0.1, -0.05) is 65.8 Å². The Labute approximate surface area is 175 Å². The molecule has 5 heteroatoms. The van der Waals surface area contributed by atoms with E-state index in [1.54, 1.807) is 18.3 Å². The summed E-state index contributed by atoms with van der Waals surface area (Å²) in [6.07, 6.45) is 3.16. The van der Waals surface area contributed by atoms with E-state index in [1.165, 1.54) is 22.3 Å². The third-order valence-electron chi connectivity index (χ3n) is 5.20. The Bertz CT molecular complexity index is 1010. The minimum atomic E-state index is -0.997. The van der Waals surface area contributed by atoms with Gasteiger partial charge in [0, 0.05) is 18.6 Å². The Kier molecular flexibility index (Phi) is 6.09. The zero-order chi connectivity index (χ0) is 20.8. The summed E-state index contributed by atoms with van der Waals surface area (Å²) in [5.41, 5.74) is 6.30. The van der Waals surface area contributed by atoms with Crippen molar-refractivity contribution in [2.45, 2.75) is 18.8 Å². The van der Waals surface area contributed by atoms with Gasteiger partial charge in [-0.25, -0.2) is 4.79 Å².